The first-order valence-corrected chi connectivity index (χ1v) is 14.2. The molecule has 3 aromatic heterocycles. The van der Waals surface area contributed by atoms with Crippen LogP contribution in [0.2, 0.25) is 0 Å². The fourth-order valence-electron chi connectivity index (χ4n) is 4.56. The van der Waals surface area contributed by atoms with E-state index in [9.17, 15) is 13.2 Å². The summed E-state index contributed by atoms with van der Waals surface area (Å²) in [6, 6.07) is 5.13. The van der Waals surface area contributed by atoms with Crippen molar-refractivity contribution in [3.8, 4) is 17.1 Å². The zero-order valence-electron chi connectivity index (χ0n) is 21.0. The van der Waals surface area contributed by atoms with Gasteiger partial charge in [-0.05, 0) is 63.6 Å². The summed E-state index contributed by atoms with van der Waals surface area (Å²) in [6.07, 6.45) is 9.65. The summed E-state index contributed by atoms with van der Waals surface area (Å²) in [6.45, 7) is 2.35. The van der Waals surface area contributed by atoms with E-state index in [0.717, 1.165) is 5.56 Å². The molecule has 5 rings (SSSR count). The van der Waals surface area contributed by atoms with Crippen LogP contribution in [0.5, 0.6) is 5.88 Å². The minimum atomic E-state index is -3.54. The van der Waals surface area contributed by atoms with E-state index in [-0.39, 0.29) is 17.9 Å². The molecule has 0 radical (unpaired) electrons. The van der Waals surface area contributed by atoms with Crippen molar-refractivity contribution in [2.24, 2.45) is 5.73 Å². The fraction of sp³-hybridized carbons (Fsp3) is 0.440. The maximum atomic E-state index is 13.8. The fourth-order valence-corrected chi connectivity index (χ4v) is 5.83. The van der Waals surface area contributed by atoms with Crippen molar-refractivity contribution in [1.82, 2.24) is 24.9 Å². The normalized spacial score (nSPS) is 21.5. The lowest BCUT2D eigenvalue weighted by molar-refractivity contribution is -0.123. The summed E-state index contributed by atoms with van der Waals surface area (Å²) in [5.41, 5.74) is 6.92. The molecule has 0 atom stereocenters. The molecule has 38 heavy (non-hydrogen) atoms. The number of aromatic nitrogens is 5. The van der Waals surface area contributed by atoms with Crippen molar-refractivity contribution < 1.29 is 17.9 Å². The van der Waals surface area contributed by atoms with Gasteiger partial charge in [0.25, 0.3) is 0 Å². The number of hydrogen-bond donors (Lipinski definition) is 3. The van der Waals surface area contributed by atoms with Gasteiger partial charge in [-0.3, -0.25) is 14.5 Å². The number of carbonyl (C=O) groups excluding carboxylic acids is 1. The summed E-state index contributed by atoms with van der Waals surface area (Å²) in [5.74, 6) is 0.473. The molecular formula is C25H30N8O4S. The highest BCUT2D eigenvalue weighted by atomic mass is 32.2. The van der Waals surface area contributed by atoms with Gasteiger partial charge in [0.15, 0.2) is 0 Å². The molecule has 0 bridgehead atoms. The van der Waals surface area contributed by atoms with Gasteiger partial charge >= 0.3 is 0 Å². The van der Waals surface area contributed by atoms with E-state index in [2.05, 4.69) is 35.0 Å². The summed E-state index contributed by atoms with van der Waals surface area (Å²) in [5, 5.41) is 2.51. The minimum absolute atomic E-state index is 0.0171. The molecule has 3 heterocycles. The van der Waals surface area contributed by atoms with Crippen LogP contribution in [0.3, 0.4) is 0 Å². The van der Waals surface area contributed by atoms with Gasteiger partial charge in [-0.1, -0.05) is 0 Å². The number of sulfonamides is 1. The van der Waals surface area contributed by atoms with Gasteiger partial charge in [0.2, 0.25) is 27.8 Å². The van der Waals surface area contributed by atoms with E-state index in [4.69, 9.17) is 10.5 Å². The number of hydrogen-bond acceptors (Lipinski definition) is 10. The quantitative estimate of drug-likeness (QED) is 0.367. The molecule has 13 heteroatoms. The molecule has 0 spiro atoms. The zero-order chi connectivity index (χ0) is 26.8. The van der Waals surface area contributed by atoms with Crippen LogP contribution in [0.4, 0.5) is 11.8 Å². The molecule has 3 aromatic rings. The zero-order valence-corrected chi connectivity index (χ0v) is 21.8. The van der Waals surface area contributed by atoms with Crippen LogP contribution in [0.15, 0.2) is 43.0 Å². The molecule has 0 aromatic carbocycles. The summed E-state index contributed by atoms with van der Waals surface area (Å²) in [7, 11) is -3.54. The molecule has 0 unspecified atom stereocenters. The molecule has 2 saturated carbocycles. The summed E-state index contributed by atoms with van der Waals surface area (Å²) < 4.78 is 32.7. The Morgan fingerprint density at radius 2 is 1.87 bits per heavy atom. The molecule has 200 valence electrons. The van der Waals surface area contributed by atoms with Crippen molar-refractivity contribution in [1.29, 1.82) is 0 Å². The molecule has 2 aliphatic rings. The van der Waals surface area contributed by atoms with Gasteiger partial charge in [0, 0.05) is 24.0 Å². The SMILES string of the molecule is CCOc1cncc(-c2ccc(NC(=O)C3(c4ccnc(NS(=O)(=O)C5CC5)n4)CCC(N)CC3)nc2)n1. The highest BCUT2D eigenvalue weighted by Gasteiger charge is 2.45. The van der Waals surface area contributed by atoms with Crippen molar-refractivity contribution in [2.45, 2.75) is 62.2 Å². The van der Waals surface area contributed by atoms with Crippen LogP contribution in [0.1, 0.15) is 51.1 Å². The lowest BCUT2D eigenvalue weighted by Gasteiger charge is -2.37. The van der Waals surface area contributed by atoms with Gasteiger partial charge in [-0.15, -0.1) is 0 Å². The Balaban J connectivity index is 1.37. The van der Waals surface area contributed by atoms with Gasteiger partial charge in [-0.2, -0.15) is 0 Å². The van der Waals surface area contributed by atoms with E-state index < -0.39 is 20.7 Å². The second-order valence-corrected chi connectivity index (χ2v) is 11.6. The first-order chi connectivity index (χ1) is 18.3. The van der Waals surface area contributed by atoms with Crippen LogP contribution in [0, 0.1) is 0 Å². The summed E-state index contributed by atoms with van der Waals surface area (Å²) in [4.78, 5) is 35.3. The Morgan fingerprint density at radius 3 is 2.55 bits per heavy atom. The van der Waals surface area contributed by atoms with Crippen LogP contribution >= 0.6 is 0 Å². The van der Waals surface area contributed by atoms with Gasteiger partial charge in [0.05, 0.1) is 41.1 Å². The molecule has 0 aliphatic heterocycles. The maximum Gasteiger partial charge on any atom is 0.237 e. The second kappa shape index (κ2) is 10.6. The van der Waals surface area contributed by atoms with Gasteiger partial charge in [-0.25, -0.2) is 28.4 Å². The number of nitrogens with two attached hydrogens (primary N) is 1. The predicted molar refractivity (Wildman–Crippen MR) is 141 cm³/mol. The maximum absolute atomic E-state index is 13.8. The second-order valence-electron chi connectivity index (χ2n) is 9.59. The number of rotatable bonds is 9. The first kappa shape index (κ1) is 25.9. The smallest absolute Gasteiger partial charge is 0.237 e. The highest BCUT2D eigenvalue weighted by molar-refractivity contribution is 7.93. The number of amides is 1. The first-order valence-electron chi connectivity index (χ1n) is 12.6. The number of nitrogens with zero attached hydrogens (tertiary/aromatic N) is 5. The number of pyridine rings is 1. The molecule has 12 nitrogen and oxygen atoms in total. The van der Waals surface area contributed by atoms with Crippen molar-refractivity contribution >= 4 is 27.7 Å². The van der Waals surface area contributed by atoms with E-state index in [1.165, 1.54) is 6.20 Å². The Morgan fingerprint density at radius 1 is 1.08 bits per heavy atom. The largest absolute Gasteiger partial charge is 0.477 e. The van der Waals surface area contributed by atoms with Crippen molar-refractivity contribution in [3.05, 3.63) is 48.7 Å². The van der Waals surface area contributed by atoms with Crippen LogP contribution in [0.25, 0.3) is 11.3 Å². The Bertz CT molecular complexity index is 1400. The van der Waals surface area contributed by atoms with E-state index in [1.807, 2.05) is 6.92 Å². The lowest BCUT2D eigenvalue weighted by Crippen LogP contribution is -2.46. The third kappa shape index (κ3) is 5.58. The Hall–Kier alpha value is -3.71. The van der Waals surface area contributed by atoms with Crippen molar-refractivity contribution in [3.63, 3.8) is 0 Å². The van der Waals surface area contributed by atoms with Crippen molar-refractivity contribution in [2.75, 3.05) is 16.6 Å². The minimum Gasteiger partial charge on any atom is -0.477 e. The molecule has 4 N–H and O–H groups in total. The average Bonchev–Trinajstić information content (AvgIpc) is 3.77. The Labute approximate surface area is 220 Å². The number of carbonyl (C=O) groups is 1. The van der Waals surface area contributed by atoms with Crippen LogP contribution in [-0.2, 0) is 20.2 Å². The number of ether oxygens (including phenoxy) is 1. The topological polar surface area (TPSA) is 175 Å². The molecule has 1 amide bonds. The molecule has 0 saturated heterocycles. The standard InChI is InChI=1S/C25H30N8O4S/c1-2-37-22-15-27-14-19(30-22)16-3-6-21(29-13-16)32-23(34)25(10-7-17(26)8-11-25)20-9-12-28-24(31-20)33-38(35,36)18-4-5-18/h3,6,9,12-15,17-18H,2,4-5,7-8,10-11,26H2,1H3,(H,28,31,33)(H,29,32,34). The van der Waals surface area contributed by atoms with Gasteiger partial charge in [0.1, 0.15) is 5.82 Å². The third-order valence-electron chi connectivity index (χ3n) is 6.87. The van der Waals surface area contributed by atoms with Gasteiger partial charge < -0.3 is 15.8 Å². The van der Waals surface area contributed by atoms with E-state index >= 15 is 0 Å². The number of nitrogens with one attached hydrogen (secondary N) is 2. The predicted octanol–water partition coefficient (Wildman–Crippen LogP) is 2.41. The third-order valence-corrected chi connectivity index (χ3v) is 8.68. The number of anilines is 2. The van der Waals surface area contributed by atoms with Crippen LogP contribution < -0.4 is 20.5 Å². The average molecular weight is 539 g/mol. The molecular weight excluding hydrogens is 508 g/mol. The molecule has 2 fully saturated rings. The summed E-state index contributed by atoms with van der Waals surface area (Å²) >= 11 is 0. The lowest BCUT2D eigenvalue weighted by atomic mass is 9.69. The van der Waals surface area contributed by atoms with Crippen LogP contribution in [-0.4, -0.2) is 57.1 Å². The molecule has 2 aliphatic carbocycles. The monoisotopic (exact) mass is 538 g/mol. The Kier molecular flexibility index (Phi) is 7.21. The van der Waals surface area contributed by atoms with E-state index in [0.29, 0.717) is 68.2 Å². The highest BCUT2D eigenvalue weighted by Crippen LogP contribution is 2.40. The van der Waals surface area contributed by atoms with E-state index in [1.54, 1.807) is 36.8 Å².